The Balaban J connectivity index is 1.49. The summed E-state index contributed by atoms with van der Waals surface area (Å²) >= 11 is 14.9. The SMILES string of the molecule is Clc1ccccc1-c1ccc(Sc2ccc(-c3ccccc3Cl)c3ccccc23)c2ccccc12. The third-order valence-corrected chi connectivity index (χ3v) is 8.13. The highest BCUT2D eigenvalue weighted by Gasteiger charge is 2.14. The molecule has 6 rings (SSSR count). The Morgan fingerprint density at radius 1 is 0.343 bits per heavy atom. The van der Waals surface area contributed by atoms with Crippen LogP contribution in [0.5, 0.6) is 0 Å². The summed E-state index contributed by atoms with van der Waals surface area (Å²) in [6, 6.07) is 42.0. The average molecular weight is 507 g/mol. The molecule has 0 aromatic heterocycles. The van der Waals surface area contributed by atoms with E-state index in [1.165, 1.54) is 31.3 Å². The van der Waals surface area contributed by atoms with Gasteiger partial charge in [0.25, 0.3) is 0 Å². The summed E-state index contributed by atoms with van der Waals surface area (Å²) in [6.45, 7) is 0. The predicted octanol–water partition coefficient (Wildman–Crippen LogP) is 10.8. The molecule has 0 N–H and O–H groups in total. The van der Waals surface area contributed by atoms with Crippen LogP contribution < -0.4 is 0 Å². The third kappa shape index (κ3) is 4.10. The molecule has 0 heterocycles. The number of rotatable bonds is 4. The van der Waals surface area contributed by atoms with Gasteiger partial charge in [0.15, 0.2) is 0 Å². The summed E-state index contributed by atoms with van der Waals surface area (Å²) in [5.41, 5.74) is 4.40. The van der Waals surface area contributed by atoms with E-state index in [1.807, 2.05) is 36.4 Å². The molecular weight excluding hydrogens is 487 g/mol. The van der Waals surface area contributed by atoms with E-state index < -0.39 is 0 Å². The second-order valence-corrected chi connectivity index (χ2v) is 10.3. The fourth-order valence-corrected chi connectivity index (χ4v) is 6.23. The highest BCUT2D eigenvalue weighted by molar-refractivity contribution is 7.99. The topological polar surface area (TPSA) is 0 Å². The standard InChI is InChI=1S/C32H20Cl2S/c33-29-15-7-5-11-25(29)23-17-19-31(27-13-3-1-9-21(23)27)35-32-20-18-24(22-10-2-4-14-28(22)32)26-12-6-8-16-30(26)34/h1-20H. The van der Waals surface area contributed by atoms with Gasteiger partial charge in [0, 0.05) is 31.0 Å². The Morgan fingerprint density at radius 3 is 1.14 bits per heavy atom. The van der Waals surface area contributed by atoms with Crippen LogP contribution in [0.25, 0.3) is 43.8 Å². The van der Waals surface area contributed by atoms with Gasteiger partial charge in [-0.15, -0.1) is 0 Å². The number of fused-ring (bicyclic) bond motifs is 2. The summed E-state index contributed by atoms with van der Waals surface area (Å²) in [4.78, 5) is 2.43. The van der Waals surface area contributed by atoms with Crippen molar-refractivity contribution in [3.63, 3.8) is 0 Å². The van der Waals surface area contributed by atoms with Crippen LogP contribution in [0.3, 0.4) is 0 Å². The van der Waals surface area contributed by atoms with E-state index in [1.54, 1.807) is 11.8 Å². The number of hydrogen-bond acceptors (Lipinski definition) is 1. The van der Waals surface area contributed by atoms with Gasteiger partial charge in [-0.25, -0.2) is 0 Å². The van der Waals surface area contributed by atoms with Crippen molar-refractivity contribution in [1.29, 1.82) is 0 Å². The van der Waals surface area contributed by atoms with Crippen LogP contribution in [0.15, 0.2) is 131 Å². The minimum absolute atomic E-state index is 0.763. The van der Waals surface area contributed by atoms with Gasteiger partial charge >= 0.3 is 0 Å². The van der Waals surface area contributed by atoms with Crippen molar-refractivity contribution in [2.24, 2.45) is 0 Å². The number of hydrogen-bond donors (Lipinski definition) is 0. The van der Waals surface area contributed by atoms with Crippen LogP contribution in [-0.2, 0) is 0 Å². The van der Waals surface area contributed by atoms with Gasteiger partial charge in [-0.3, -0.25) is 0 Å². The van der Waals surface area contributed by atoms with Gasteiger partial charge in [-0.05, 0) is 56.9 Å². The van der Waals surface area contributed by atoms with Gasteiger partial charge in [0.1, 0.15) is 0 Å². The predicted molar refractivity (Wildman–Crippen MR) is 153 cm³/mol. The van der Waals surface area contributed by atoms with E-state index in [-0.39, 0.29) is 0 Å². The van der Waals surface area contributed by atoms with E-state index in [4.69, 9.17) is 23.2 Å². The third-order valence-electron chi connectivity index (χ3n) is 6.32. The minimum atomic E-state index is 0.763. The Morgan fingerprint density at radius 2 is 0.714 bits per heavy atom. The van der Waals surface area contributed by atoms with E-state index in [0.717, 1.165) is 32.3 Å². The molecule has 0 saturated carbocycles. The van der Waals surface area contributed by atoms with Crippen LogP contribution in [-0.4, -0.2) is 0 Å². The molecule has 6 aromatic rings. The molecule has 0 aliphatic rings. The Labute approximate surface area is 219 Å². The first kappa shape index (κ1) is 22.2. The van der Waals surface area contributed by atoms with Crippen molar-refractivity contribution < 1.29 is 0 Å². The van der Waals surface area contributed by atoms with E-state index >= 15 is 0 Å². The summed E-state index contributed by atoms with van der Waals surface area (Å²) in [6.07, 6.45) is 0. The van der Waals surface area contributed by atoms with Crippen molar-refractivity contribution in [3.05, 3.63) is 131 Å². The smallest absolute Gasteiger partial charge is 0.0484 e. The minimum Gasteiger partial charge on any atom is -0.0888 e. The van der Waals surface area contributed by atoms with Gasteiger partial charge in [-0.1, -0.05) is 132 Å². The van der Waals surface area contributed by atoms with Crippen LogP contribution in [0.4, 0.5) is 0 Å². The number of benzene rings is 6. The second kappa shape index (κ2) is 9.43. The molecule has 0 unspecified atom stereocenters. The number of halogens is 2. The van der Waals surface area contributed by atoms with Crippen molar-refractivity contribution in [2.75, 3.05) is 0 Å². The zero-order valence-corrected chi connectivity index (χ0v) is 21.0. The second-order valence-electron chi connectivity index (χ2n) is 8.38. The zero-order valence-electron chi connectivity index (χ0n) is 18.7. The first-order valence-electron chi connectivity index (χ1n) is 11.4. The van der Waals surface area contributed by atoms with Crippen molar-refractivity contribution >= 4 is 56.5 Å². The Hall–Kier alpha value is -3.23. The van der Waals surface area contributed by atoms with Crippen molar-refractivity contribution in [2.45, 2.75) is 9.79 Å². The van der Waals surface area contributed by atoms with Crippen LogP contribution >= 0.6 is 35.0 Å². The molecule has 0 aliphatic carbocycles. The Bertz CT molecular complexity index is 1580. The summed E-state index contributed by atoms with van der Waals surface area (Å²) < 4.78 is 0. The van der Waals surface area contributed by atoms with Crippen LogP contribution in [0.1, 0.15) is 0 Å². The quantitative estimate of drug-likeness (QED) is 0.229. The van der Waals surface area contributed by atoms with Gasteiger partial charge in [-0.2, -0.15) is 0 Å². The van der Waals surface area contributed by atoms with Crippen LogP contribution in [0.2, 0.25) is 10.0 Å². The lowest BCUT2D eigenvalue weighted by molar-refractivity contribution is 1.48. The van der Waals surface area contributed by atoms with E-state index in [9.17, 15) is 0 Å². The van der Waals surface area contributed by atoms with E-state index in [2.05, 4.69) is 84.9 Å². The lowest BCUT2D eigenvalue weighted by atomic mass is 9.98. The molecule has 168 valence electrons. The van der Waals surface area contributed by atoms with Gasteiger partial charge in [0.05, 0.1) is 0 Å². The van der Waals surface area contributed by atoms with Crippen molar-refractivity contribution in [3.8, 4) is 22.3 Å². The normalized spacial score (nSPS) is 11.3. The molecule has 0 atom stereocenters. The molecule has 3 heteroatoms. The lowest BCUT2D eigenvalue weighted by Crippen LogP contribution is -1.87. The molecule has 0 fully saturated rings. The van der Waals surface area contributed by atoms with Crippen LogP contribution in [0, 0.1) is 0 Å². The zero-order chi connectivity index (χ0) is 23.8. The highest BCUT2D eigenvalue weighted by atomic mass is 35.5. The van der Waals surface area contributed by atoms with E-state index in [0.29, 0.717) is 0 Å². The van der Waals surface area contributed by atoms with Crippen molar-refractivity contribution in [1.82, 2.24) is 0 Å². The first-order valence-corrected chi connectivity index (χ1v) is 13.0. The molecule has 0 aliphatic heterocycles. The molecule has 0 saturated heterocycles. The Kier molecular flexibility index (Phi) is 6.00. The fourth-order valence-electron chi connectivity index (χ4n) is 4.67. The molecule has 35 heavy (non-hydrogen) atoms. The summed E-state index contributed by atoms with van der Waals surface area (Å²) in [5.74, 6) is 0. The van der Waals surface area contributed by atoms with Gasteiger partial charge in [0.2, 0.25) is 0 Å². The molecule has 0 radical (unpaired) electrons. The molecule has 6 aromatic carbocycles. The lowest BCUT2D eigenvalue weighted by Gasteiger charge is -2.15. The maximum Gasteiger partial charge on any atom is 0.0484 e. The summed E-state index contributed by atoms with van der Waals surface area (Å²) in [5, 5.41) is 6.35. The summed E-state index contributed by atoms with van der Waals surface area (Å²) in [7, 11) is 0. The average Bonchev–Trinajstić information content (AvgIpc) is 2.90. The molecular formula is C32H20Cl2S. The maximum absolute atomic E-state index is 6.56. The molecule has 0 nitrogen and oxygen atoms in total. The highest BCUT2D eigenvalue weighted by Crippen LogP contribution is 2.43. The molecule has 0 amide bonds. The maximum atomic E-state index is 6.56. The molecule has 0 bridgehead atoms. The largest absolute Gasteiger partial charge is 0.0888 e. The molecule has 0 spiro atoms. The fraction of sp³-hybridized carbons (Fsp3) is 0. The van der Waals surface area contributed by atoms with Gasteiger partial charge < -0.3 is 0 Å². The first-order chi connectivity index (χ1) is 17.2. The monoisotopic (exact) mass is 506 g/mol.